The lowest BCUT2D eigenvalue weighted by Crippen LogP contribution is -2.44. The SMILES string of the molecule is Cc1c(C)n2c3c(=O)n(CCN4CCOCC4)c(=O)n(C)c3nc2n1-c1ccc(F)cc1. The van der Waals surface area contributed by atoms with E-state index in [4.69, 9.17) is 4.74 Å². The third kappa shape index (κ3) is 3.09. The molecule has 0 bridgehead atoms. The molecule has 1 saturated heterocycles. The van der Waals surface area contributed by atoms with E-state index in [1.54, 1.807) is 23.6 Å². The van der Waals surface area contributed by atoms with E-state index in [1.807, 2.05) is 18.4 Å². The second-order valence-electron chi connectivity index (χ2n) is 8.15. The van der Waals surface area contributed by atoms with Crippen LogP contribution in [-0.2, 0) is 18.3 Å². The summed E-state index contributed by atoms with van der Waals surface area (Å²) in [6.07, 6.45) is 0. The molecular weight excluding hydrogens is 415 g/mol. The highest BCUT2D eigenvalue weighted by molar-refractivity contribution is 5.77. The van der Waals surface area contributed by atoms with E-state index in [2.05, 4.69) is 9.88 Å². The summed E-state index contributed by atoms with van der Waals surface area (Å²) >= 11 is 0. The maximum Gasteiger partial charge on any atom is 0.332 e. The predicted octanol–water partition coefficient (Wildman–Crippen LogP) is 1.23. The van der Waals surface area contributed by atoms with Crippen LogP contribution in [0.3, 0.4) is 0 Å². The van der Waals surface area contributed by atoms with E-state index in [-0.39, 0.29) is 17.1 Å². The van der Waals surface area contributed by atoms with Gasteiger partial charge in [-0.1, -0.05) is 0 Å². The number of halogens is 1. The minimum Gasteiger partial charge on any atom is -0.379 e. The summed E-state index contributed by atoms with van der Waals surface area (Å²) in [6.45, 7) is 7.62. The number of benzene rings is 1. The number of ether oxygens (including phenoxy) is 1. The van der Waals surface area contributed by atoms with E-state index >= 15 is 0 Å². The maximum atomic E-state index is 13.5. The van der Waals surface area contributed by atoms with Gasteiger partial charge in [0, 0.05) is 50.3 Å². The van der Waals surface area contributed by atoms with Crippen LogP contribution in [0.1, 0.15) is 11.4 Å². The molecule has 32 heavy (non-hydrogen) atoms. The fourth-order valence-electron chi connectivity index (χ4n) is 4.41. The number of aryl methyl sites for hydroxylation is 2. The third-order valence-corrected chi connectivity index (χ3v) is 6.35. The van der Waals surface area contributed by atoms with Gasteiger partial charge in [0.15, 0.2) is 11.2 Å². The Morgan fingerprint density at radius 3 is 2.41 bits per heavy atom. The van der Waals surface area contributed by atoms with Gasteiger partial charge in [-0.05, 0) is 38.1 Å². The van der Waals surface area contributed by atoms with Crippen LogP contribution in [0.2, 0.25) is 0 Å². The van der Waals surface area contributed by atoms with E-state index in [9.17, 15) is 14.0 Å². The molecular formula is C22H25FN6O3. The summed E-state index contributed by atoms with van der Waals surface area (Å²) in [6, 6.07) is 6.11. The monoisotopic (exact) mass is 440 g/mol. The first-order chi connectivity index (χ1) is 15.4. The van der Waals surface area contributed by atoms with Crippen LogP contribution >= 0.6 is 0 Å². The molecule has 1 aliphatic rings. The van der Waals surface area contributed by atoms with E-state index < -0.39 is 0 Å². The van der Waals surface area contributed by atoms with Crippen molar-refractivity contribution in [2.45, 2.75) is 20.4 Å². The third-order valence-electron chi connectivity index (χ3n) is 6.35. The molecule has 1 fully saturated rings. The summed E-state index contributed by atoms with van der Waals surface area (Å²) in [5.74, 6) is 0.185. The van der Waals surface area contributed by atoms with Crippen molar-refractivity contribution in [1.29, 1.82) is 0 Å². The van der Waals surface area contributed by atoms with Gasteiger partial charge >= 0.3 is 5.69 Å². The predicted molar refractivity (Wildman–Crippen MR) is 118 cm³/mol. The van der Waals surface area contributed by atoms with Gasteiger partial charge in [0.1, 0.15) is 5.82 Å². The molecule has 0 aliphatic carbocycles. The van der Waals surface area contributed by atoms with Crippen LogP contribution in [0.15, 0.2) is 33.9 Å². The zero-order valence-corrected chi connectivity index (χ0v) is 18.3. The Morgan fingerprint density at radius 1 is 1.03 bits per heavy atom. The molecule has 0 radical (unpaired) electrons. The lowest BCUT2D eigenvalue weighted by atomic mass is 10.3. The van der Waals surface area contributed by atoms with Gasteiger partial charge in [-0.2, -0.15) is 4.98 Å². The minimum absolute atomic E-state index is 0.297. The number of imidazole rings is 2. The molecule has 0 unspecified atom stereocenters. The maximum absolute atomic E-state index is 13.5. The summed E-state index contributed by atoms with van der Waals surface area (Å²) in [4.78, 5) is 33.3. The molecule has 168 valence electrons. The number of nitrogens with zero attached hydrogens (tertiary/aromatic N) is 6. The van der Waals surface area contributed by atoms with E-state index in [0.717, 1.165) is 30.2 Å². The molecule has 4 aromatic rings. The summed E-state index contributed by atoms with van der Waals surface area (Å²) < 4.78 is 25.2. The van der Waals surface area contributed by atoms with Crippen LogP contribution in [0.5, 0.6) is 0 Å². The number of aromatic nitrogens is 5. The first kappa shape index (κ1) is 20.7. The van der Waals surface area contributed by atoms with Crippen molar-refractivity contribution in [2.75, 3.05) is 32.8 Å². The molecule has 10 heteroatoms. The van der Waals surface area contributed by atoms with Gasteiger partial charge in [0.05, 0.1) is 13.2 Å². The molecule has 0 spiro atoms. The minimum atomic E-state index is -0.390. The highest BCUT2D eigenvalue weighted by atomic mass is 19.1. The Balaban J connectivity index is 1.70. The number of fused-ring (bicyclic) bond motifs is 3. The van der Waals surface area contributed by atoms with Crippen LogP contribution in [-0.4, -0.2) is 60.8 Å². The molecule has 1 aliphatic heterocycles. The van der Waals surface area contributed by atoms with E-state index in [1.165, 1.54) is 21.3 Å². The Hall–Kier alpha value is -3.24. The van der Waals surface area contributed by atoms with Crippen molar-refractivity contribution in [3.8, 4) is 5.69 Å². The average molecular weight is 440 g/mol. The largest absolute Gasteiger partial charge is 0.379 e. The first-order valence-corrected chi connectivity index (χ1v) is 10.6. The number of rotatable bonds is 4. The van der Waals surface area contributed by atoms with E-state index in [0.29, 0.717) is 43.2 Å². The van der Waals surface area contributed by atoms with Gasteiger partial charge < -0.3 is 4.74 Å². The lowest BCUT2D eigenvalue weighted by molar-refractivity contribution is 0.0361. The Bertz CT molecular complexity index is 1440. The summed E-state index contributed by atoms with van der Waals surface area (Å²) in [5.41, 5.74) is 2.40. The summed E-state index contributed by atoms with van der Waals surface area (Å²) in [5, 5.41) is 0. The van der Waals surface area contributed by atoms with Crippen molar-refractivity contribution in [3.05, 3.63) is 62.3 Å². The average Bonchev–Trinajstić information content (AvgIpc) is 3.29. The van der Waals surface area contributed by atoms with Gasteiger partial charge in [0.25, 0.3) is 5.56 Å². The number of morpholine rings is 1. The van der Waals surface area contributed by atoms with Crippen LogP contribution in [0, 0.1) is 19.7 Å². The fourth-order valence-corrected chi connectivity index (χ4v) is 4.41. The smallest absolute Gasteiger partial charge is 0.332 e. The fraction of sp³-hybridized carbons (Fsp3) is 0.409. The van der Waals surface area contributed by atoms with Gasteiger partial charge in [-0.25, -0.2) is 9.18 Å². The molecule has 0 atom stereocenters. The van der Waals surface area contributed by atoms with Crippen LogP contribution in [0.4, 0.5) is 4.39 Å². The Labute approximate surface area is 182 Å². The van der Waals surface area contributed by atoms with Gasteiger partial charge in [-0.3, -0.25) is 27.8 Å². The normalized spacial score (nSPS) is 15.2. The zero-order chi connectivity index (χ0) is 22.6. The second kappa shape index (κ2) is 7.72. The molecule has 1 aromatic carbocycles. The highest BCUT2D eigenvalue weighted by Gasteiger charge is 2.23. The molecule has 9 nitrogen and oxygen atoms in total. The van der Waals surface area contributed by atoms with Crippen molar-refractivity contribution in [1.82, 2.24) is 28.0 Å². The van der Waals surface area contributed by atoms with Crippen LogP contribution < -0.4 is 11.2 Å². The molecule has 0 N–H and O–H groups in total. The summed E-state index contributed by atoms with van der Waals surface area (Å²) in [7, 11) is 1.63. The zero-order valence-electron chi connectivity index (χ0n) is 18.3. The van der Waals surface area contributed by atoms with Crippen LogP contribution in [0.25, 0.3) is 22.6 Å². The molecule has 0 amide bonds. The Morgan fingerprint density at radius 2 is 1.72 bits per heavy atom. The number of hydrogen-bond acceptors (Lipinski definition) is 5. The second-order valence-corrected chi connectivity index (χ2v) is 8.15. The van der Waals surface area contributed by atoms with Crippen molar-refractivity contribution in [2.24, 2.45) is 7.05 Å². The first-order valence-electron chi connectivity index (χ1n) is 10.6. The van der Waals surface area contributed by atoms with Crippen molar-refractivity contribution >= 4 is 16.9 Å². The standard InChI is InChI=1S/C22H25FN6O3/c1-14-15(2)29-18-19(24-21(29)28(14)17-6-4-16(23)5-7-17)25(3)22(31)27(20(18)30)9-8-26-10-12-32-13-11-26/h4-7H,8-13H2,1-3H3. The molecule has 0 saturated carbocycles. The van der Waals surface area contributed by atoms with Gasteiger partial charge in [-0.15, -0.1) is 0 Å². The number of hydrogen-bond donors (Lipinski definition) is 0. The quantitative estimate of drug-likeness (QED) is 0.477. The van der Waals surface area contributed by atoms with Crippen molar-refractivity contribution in [3.63, 3.8) is 0 Å². The van der Waals surface area contributed by atoms with Gasteiger partial charge in [0.2, 0.25) is 5.78 Å². The lowest BCUT2D eigenvalue weighted by Gasteiger charge is -2.26. The molecule has 3 aromatic heterocycles. The molecule has 5 rings (SSSR count). The molecule has 4 heterocycles. The highest BCUT2D eigenvalue weighted by Crippen LogP contribution is 2.24. The van der Waals surface area contributed by atoms with Crippen molar-refractivity contribution < 1.29 is 9.13 Å². The topological polar surface area (TPSA) is 78.7 Å². The Kier molecular flexibility index (Phi) is 4.98.